The average molecular weight is 265 g/mol. The Balaban J connectivity index is 1.52. The highest BCUT2D eigenvalue weighted by Gasteiger charge is 2.50. The molecule has 4 rings (SSSR count). The van der Waals surface area contributed by atoms with Gasteiger partial charge in [-0.05, 0) is 81.7 Å². The van der Waals surface area contributed by atoms with E-state index in [1.807, 2.05) is 0 Å². The van der Waals surface area contributed by atoms with Crippen molar-refractivity contribution < 1.29 is 9.90 Å². The van der Waals surface area contributed by atoms with Crippen molar-refractivity contribution >= 4 is 5.97 Å². The fourth-order valence-corrected chi connectivity index (χ4v) is 5.64. The van der Waals surface area contributed by atoms with Gasteiger partial charge >= 0.3 is 5.97 Å². The molecule has 0 atom stereocenters. The SMILES string of the molecule is CN(CCCC(=O)O)CC12CC3CC(CC(C3)C1)C2. The molecule has 0 spiro atoms. The highest BCUT2D eigenvalue weighted by molar-refractivity contribution is 5.66. The van der Waals surface area contributed by atoms with Gasteiger partial charge in [-0.15, -0.1) is 0 Å². The van der Waals surface area contributed by atoms with Crippen molar-refractivity contribution in [1.82, 2.24) is 4.90 Å². The van der Waals surface area contributed by atoms with E-state index in [0.717, 1.165) is 30.7 Å². The molecule has 3 heteroatoms. The third kappa shape index (κ3) is 2.96. The second kappa shape index (κ2) is 5.08. The largest absolute Gasteiger partial charge is 0.481 e. The number of hydrogen-bond donors (Lipinski definition) is 1. The van der Waals surface area contributed by atoms with Crippen LogP contribution < -0.4 is 0 Å². The Morgan fingerprint density at radius 1 is 1.16 bits per heavy atom. The lowest BCUT2D eigenvalue weighted by Crippen LogP contribution is -2.50. The van der Waals surface area contributed by atoms with Gasteiger partial charge in [-0.3, -0.25) is 4.79 Å². The van der Waals surface area contributed by atoms with Crippen molar-refractivity contribution in [2.75, 3.05) is 20.1 Å². The third-order valence-electron chi connectivity index (χ3n) is 5.70. The standard InChI is InChI=1S/C16H27NO2/c1-17(4-2-3-15(18)19)11-16-8-12-5-13(9-16)7-14(6-12)10-16/h12-14H,2-11H2,1H3,(H,18,19). The molecule has 0 aliphatic heterocycles. The second-order valence-corrected chi connectivity index (χ2v) is 7.65. The predicted octanol–water partition coefficient (Wildman–Crippen LogP) is 3.00. The number of carbonyl (C=O) groups is 1. The van der Waals surface area contributed by atoms with Gasteiger partial charge in [0.25, 0.3) is 0 Å². The van der Waals surface area contributed by atoms with Gasteiger partial charge in [0, 0.05) is 13.0 Å². The van der Waals surface area contributed by atoms with Crippen molar-refractivity contribution in [3.8, 4) is 0 Å². The first kappa shape index (κ1) is 13.4. The average Bonchev–Trinajstić information content (AvgIpc) is 2.25. The van der Waals surface area contributed by atoms with Gasteiger partial charge in [-0.1, -0.05) is 0 Å². The molecule has 0 aromatic heterocycles. The maximum atomic E-state index is 10.6. The summed E-state index contributed by atoms with van der Waals surface area (Å²) in [6.07, 6.45) is 9.95. The predicted molar refractivity (Wildman–Crippen MR) is 75.0 cm³/mol. The normalized spacial score (nSPS) is 40.0. The summed E-state index contributed by atoms with van der Waals surface area (Å²) in [5.41, 5.74) is 0.590. The molecule has 4 fully saturated rings. The van der Waals surface area contributed by atoms with E-state index in [1.165, 1.54) is 45.1 Å². The quantitative estimate of drug-likeness (QED) is 0.802. The van der Waals surface area contributed by atoms with Crippen molar-refractivity contribution in [2.45, 2.75) is 51.4 Å². The van der Waals surface area contributed by atoms with E-state index in [1.54, 1.807) is 0 Å². The third-order valence-corrected chi connectivity index (χ3v) is 5.70. The fourth-order valence-electron chi connectivity index (χ4n) is 5.64. The molecule has 4 aliphatic carbocycles. The molecule has 0 aromatic carbocycles. The maximum absolute atomic E-state index is 10.6. The Morgan fingerprint density at radius 3 is 2.16 bits per heavy atom. The molecular formula is C16H27NO2. The monoisotopic (exact) mass is 265 g/mol. The minimum atomic E-state index is -0.664. The molecule has 0 heterocycles. The number of nitrogens with zero attached hydrogens (tertiary/aromatic N) is 1. The molecule has 0 unspecified atom stereocenters. The summed E-state index contributed by atoms with van der Waals surface area (Å²) in [6, 6.07) is 0. The zero-order valence-corrected chi connectivity index (χ0v) is 12.1. The molecule has 0 saturated heterocycles. The van der Waals surface area contributed by atoms with Crippen LogP contribution in [0.2, 0.25) is 0 Å². The molecule has 0 amide bonds. The molecule has 19 heavy (non-hydrogen) atoms. The Hall–Kier alpha value is -0.570. The zero-order chi connectivity index (χ0) is 13.5. The number of carboxylic acids is 1. The van der Waals surface area contributed by atoms with Gasteiger partial charge in [-0.2, -0.15) is 0 Å². The van der Waals surface area contributed by atoms with Crippen LogP contribution in [0.1, 0.15) is 51.4 Å². The van der Waals surface area contributed by atoms with Crippen LogP contribution in [0.25, 0.3) is 0 Å². The van der Waals surface area contributed by atoms with Gasteiger partial charge in [-0.25, -0.2) is 0 Å². The van der Waals surface area contributed by atoms with Crippen LogP contribution in [0.5, 0.6) is 0 Å². The number of carboxylic acid groups (broad SMARTS) is 1. The van der Waals surface area contributed by atoms with Crippen LogP contribution in [0, 0.1) is 23.2 Å². The first-order valence-corrected chi connectivity index (χ1v) is 7.95. The van der Waals surface area contributed by atoms with E-state index in [-0.39, 0.29) is 0 Å². The molecule has 0 aromatic rings. The molecule has 108 valence electrons. The summed E-state index contributed by atoms with van der Waals surface area (Å²) in [7, 11) is 2.18. The molecule has 3 nitrogen and oxygen atoms in total. The fraction of sp³-hybridized carbons (Fsp3) is 0.938. The van der Waals surface area contributed by atoms with E-state index in [9.17, 15) is 4.79 Å². The van der Waals surface area contributed by atoms with E-state index >= 15 is 0 Å². The van der Waals surface area contributed by atoms with Gasteiger partial charge in [0.05, 0.1) is 0 Å². The summed E-state index contributed by atoms with van der Waals surface area (Å²) in [5, 5.41) is 8.71. The number of hydrogen-bond acceptors (Lipinski definition) is 2. The summed E-state index contributed by atoms with van der Waals surface area (Å²) in [6.45, 7) is 2.14. The van der Waals surface area contributed by atoms with Crippen LogP contribution in [-0.4, -0.2) is 36.1 Å². The summed E-state index contributed by atoms with van der Waals surface area (Å²) in [5.74, 6) is 2.37. The molecule has 1 N–H and O–H groups in total. The smallest absolute Gasteiger partial charge is 0.303 e. The molecule has 0 radical (unpaired) electrons. The Kier molecular flexibility index (Phi) is 3.59. The van der Waals surface area contributed by atoms with E-state index in [0.29, 0.717) is 11.8 Å². The van der Waals surface area contributed by atoms with Crippen LogP contribution in [0.4, 0.5) is 0 Å². The minimum Gasteiger partial charge on any atom is -0.481 e. The maximum Gasteiger partial charge on any atom is 0.303 e. The minimum absolute atomic E-state index is 0.311. The van der Waals surface area contributed by atoms with Crippen molar-refractivity contribution in [3.05, 3.63) is 0 Å². The molecule has 4 saturated carbocycles. The number of aliphatic carboxylic acids is 1. The van der Waals surface area contributed by atoms with Gasteiger partial charge in [0.15, 0.2) is 0 Å². The van der Waals surface area contributed by atoms with Crippen LogP contribution in [0.15, 0.2) is 0 Å². The van der Waals surface area contributed by atoms with Crippen LogP contribution in [-0.2, 0) is 4.79 Å². The summed E-state index contributed by atoms with van der Waals surface area (Å²) in [4.78, 5) is 13.0. The van der Waals surface area contributed by atoms with Crippen molar-refractivity contribution in [2.24, 2.45) is 23.2 Å². The molecular weight excluding hydrogens is 238 g/mol. The molecule has 4 aliphatic rings. The molecule has 4 bridgehead atoms. The lowest BCUT2D eigenvalue weighted by Gasteiger charge is -2.57. The van der Waals surface area contributed by atoms with E-state index < -0.39 is 5.97 Å². The first-order valence-electron chi connectivity index (χ1n) is 7.95. The Labute approximate surface area is 116 Å². The second-order valence-electron chi connectivity index (χ2n) is 7.65. The highest BCUT2D eigenvalue weighted by Crippen LogP contribution is 2.60. The van der Waals surface area contributed by atoms with Gasteiger partial charge < -0.3 is 10.0 Å². The highest BCUT2D eigenvalue weighted by atomic mass is 16.4. The van der Waals surface area contributed by atoms with E-state index in [2.05, 4.69) is 11.9 Å². The van der Waals surface area contributed by atoms with Crippen LogP contribution in [0.3, 0.4) is 0 Å². The van der Waals surface area contributed by atoms with Gasteiger partial charge in [0.1, 0.15) is 0 Å². The van der Waals surface area contributed by atoms with Crippen molar-refractivity contribution in [1.29, 1.82) is 0 Å². The van der Waals surface area contributed by atoms with Crippen molar-refractivity contribution in [3.63, 3.8) is 0 Å². The van der Waals surface area contributed by atoms with Crippen LogP contribution >= 0.6 is 0 Å². The summed E-state index contributed by atoms with van der Waals surface area (Å²) < 4.78 is 0. The Bertz CT molecular complexity index is 317. The lowest BCUT2D eigenvalue weighted by atomic mass is 9.49. The lowest BCUT2D eigenvalue weighted by molar-refractivity contribution is -0.137. The zero-order valence-electron chi connectivity index (χ0n) is 12.1. The summed E-state index contributed by atoms with van der Waals surface area (Å²) >= 11 is 0. The Morgan fingerprint density at radius 2 is 1.68 bits per heavy atom. The number of rotatable bonds is 6. The first-order chi connectivity index (χ1) is 9.05. The topological polar surface area (TPSA) is 40.5 Å². The van der Waals surface area contributed by atoms with E-state index in [4.69, 9.17) is 5.11 Å². The van der Waals surface area contributed by atoms with Gasteiger partial charge in [0.2, 0.25) is 0 Å².